The van der Waals surface area contributed by atoms with E-state index in [1.165, 1.54) is 0 Å². The molecule has 100 valence electrons. The van der Waals surface area contributed by atoms with Gasteiger partial charge in [0, 0.05) is 12.7 Å². The van der Waals surface area contributed by atoms with Gasteiger partial charge in [-0.3, -0.25) is 9.48 Å². The number of hydrogen-bond acceptors (Lipinski definition) is 2. The van der Waals surface area contributed by atoms with Crippen molar-refractivity contribution < 1.29 is 4.79 Å². The van der Waals surface area contributed by atoms with Crippen LogP contribution in [0.3, 0.4) is 0 Å². The lowest BCUT2D eigenvalue weighted by Crippen LogP contribution is -2.28. The number of amides is 1. The van der Waals surface area contributed by atoms with Gasteiger partial charge in [-0.2, -0.15) is 5.10 Å². The van der Waals surface area contributed by atoms with Crippen LogP contribution < -0.4 is 5.32 Å². The summed E-state index contributed by atoms with van der Waals surface area (Å²) in [7, 11) is 0. The van der Waals surface area contributed by atoms with Gasteiger partial charge in [-0.25, -0.2) is 0 Å². The first-order valence-corrected chi connectivity index (χ1v) is 6.63. The third kappa shape index (κ3) is 3.22. The lowest BCUT2D eigenvalue weighted by Gasteiger charge is -2.16. The van der Waals surface area contributed by atoms with Gasteiger partial charge in [0.25, 0.3) is 5.91 Å². The fraction of sp³-hybridized carbons (Fsp3) is 0.333. The van der Waals surface area contributed by atoms with Crippen molar-refractivity contribution in [1.29, 1.82) is 0 Å². The van der Waals surface area contributed by atoms with Crippen molar-refractivity contribution in [3.8, 4) is 0 Å². The molecule has 1 aromatic heterocycles. The molecule has 0 saturated heterocycles. The predicted molar refractivity (Wildman–Crippen MR) is 74.8 cm³/mol. The molecule has 0 unspecified atom stereocenters. The molecule has 1 N–H and O–H groups in total. The van der Waals surface area contributed by atoms with Gasteiger partial charge >= 0.3 is 0 Å². The van der Waals surface area contributed by atoms with Crippen molar-refractivity contribution in [2.24, 2.45) is 0 Å². The Labute approximate surface area is 113 Å². The van der Waals surface area contributed by atoms with Crippen LogP contribution >= 0.6 is 0 Å². The zero-order chi connectivity index (χ0) is 13.7. The first kappa shape index (κ1) is 13.3. The maximum atomic E-state index is 12.1. The molecular weight excluding hydrogens is 238 g/mol. The second-order valence-electron chi connectivity index (χ2n) is 4.40. The van der Waals surface area contributed by atoms with Crippen LogP contribution in [0.4, 0.5) is 0 Å². The van der Waals surface area contributed by atoms with E-state index < -0.39 is 0 Å². The van der Waals surface area contributed by atoms with Crippen LogP contribution in [0.15, 0.2) is 42.6 Å². The molecule has 0 aliphatic carbocycles. The Balaban J connectivity index is 2.08. The molecule has 1 heterocycles. The fourth-order valence-corrected chi connectivity index (χ4v) is 2.00. The van der Waals surface area contributed by atoms with Crippen LogP contribution in [0, 0.1) is 0 Å². The minimum absolute atomic E-state index is 0.0282. The molecular formula is C15H19N3O. The molecule has 4 heteroatoms. The van der Waals surface area contributed by atoms with E-state index in [1.54, 1.807) is 10.7 Å². The van der Waals surface area contributed by atoms with E-state index in [0.29, 0.717) is 5.69 Å². The molecule has 0 fully saturated rings. The van der Waals surface area contributed by atoms with Gasteiger partial charge in [0.2, 0.25) is 0 Å². The van der Waals surface area contributed by atoms with Crippen molar-refractivity contribution in [3.63, 3.8) is 0 Å². The summed E-state index contributed by atoms with van der Waals surface area (Å²) in [5.74, 6) is -0.122. The smallest absolute Gasteiger partial charge is 0.272 e. The molecule has 0 spiro atoms. The molecule has 0 radical (unpaired) electrons. The number of nitrogens with one attached hydrogen (secondary N) is 1. The minimum atomic E-state index is -0.122. The van der Waals surface area contributed by atoms with Crippen molar-refractivity contribution in [3.05, 3.63) is 53.9 Å². The summed E-state index contributed by atoms with van der Waals surface area (Å²) in [6.45, 7) is 4.82. The first-order chi connectivity index (χ1) is 9.24. The van der Waals surface area contributed by atoms with Gasteiger partial charge in [0.1, 0.15) is 5.69 Å². The zero-order valence-electron chi connectivity index (χ0n) is 11.3. The highest BCUT2D eigenvalue weighted by molar-refractivity contribution is 5.92. The summed E-state index contributed by atoms with van der Waals surface area (Å²) in [6, 6.07) is 11.8. The topological polar surface area (TPSA) is 46.9 Å². The lowest BCUT2D eigenvalue weighted by molar-refractivity contribution is 0.0929. The van der Waals surface area contributed by atoms with E-state index >= 15 is 0 Å². The fourth-order valence-electron chi connectivity index (χ4n) is 2.00. The summed E-state index contributed by atoms with van der Waals surface area (Å²) in [6.07, 6.45) is 2.67. The van der Waals surface area contributed by atoms with Crippen molar-refractivity contribution >= 4 is 5.91 Å². The average molecular weight is 257 g/mol. The standard InChI is InChI=1S/C15H19N3O/c1-3-13(12-8-6-5-7-9-12)16-15(19)14-10-11-18(4-2)17-14/h5-11,13H,3-4H2,1-2H3,(H,16,19)/t13-/m1/s1. The molecule has 1 atom stereocenters. The Morgan fingerprint density at radius 2 is 2.00 bits per heavy atom. The largest absolute Gasteiger partial charge is 0.344 e. The summed E-state index contributed by atoms with van der Waals surface area (Å²) in [4.78, 5) is 12.1. The van der Waals surface area contributed by atoms with Crippen LogP contribution in [0.1, 0.15) is 42.4 Å². The second-order valence-corrected chi connectivity index (χ2v) is 4.40. The van der Waals surface area contributed by atoms with E-state index in [9.17, 15) is 4.79 Å². The van der Waals surface area contributed by atoms with E-state index in [1.807, 2.05) is 43.5 Å². The van der Waals surface area contributed by atoms with Gasteiger partial charge < -0.3 is 5.32 Å². The zero-order valence-corrected chi connectivity index (χ0v) is 11.3. The molecule has 19 heavy (non-hydrogen) atoms. The van der Waals surface area contributed by atoms with Crippen LogP contribution in [-0.2, 0) is 6.54 Å². The summed E-state index contributed by atoms with van der Waals surface area (Å²) in [5.41, 5.74) is 1.59. The monoisotopic (exact) mass is 257 g/mol. The third-order valence-corrected chi connectivity index (χ3v) is 3.11. The number of rotatable bonds is 5. The van der Waals surface area contributed by atoms with Gasteiger partial charge in [-0.05, 0) is 25.0 Å². The maximum absolute atomic E-state index is 12.1. The number of carbonyl (C=O) groups excluding carboxylic acids is 1. The van der Waals surface area contributed by atoms with Gasteiger partial charge in [0.15, 0.2) is 0 Å². The number of benzene rings is 1. The van der Waals surface area contributed by atoms with Gasteiger partial charge in [0.05, 0.1) is 6.04 Å². The molecule has 0 aliphatic heterocycles. The van der Waals surface area contributed by atoms with Crippen molar-refractivity contribution in [1.82, 2.24) is 15.1 Å². The Morgan fingerprint density at radius 1 is 1.26 bits per heavy atom. The van der Waals surface area contributed by atoms with Crippen LogP contribution in [0.2, 0.25) is 0 Å². The van der Waals surface area contributed by atoms with E-state index in [-0.39, 0.29) is 11.9 Å². The van der Waals surface area contributed by atoms with Crippen molar-refractivity contribution in [2.75, 3.05) is 0 Å². The average Bonchev–Trinajstić information content (AvgIpc) is 2.94. The number of nitrogens with zero attached hydrogens (tertiary/aromatic N) is 2. The summed E-state index contributed by atoms with van der Waals surface area (Å²) in [5, 5.41) is 7.24. The Morgan fingerprint density at radius 3 is 2.58 bits per heavy atom. The van der Waals surface area contributed by atoms with Crippen LogP contribution in [0.25, 0.3) is 0 Å². The highest BCUT2D eigenvalue weighted by Crippen LogP contribution is 2.16. The molecule has 1 aromatic carbocycles. The van der Waals surface area contributed by atoms with E-state index in [4.69, 9.17) is 0 Å². The molecule has 2 rings (SSSR count). The maximum Gasteiger partial charge on any atom is 0.272 e. The van der Waals surface area contributed by atoms with Crippen LogP contribution in [-0.4, -0.2) is 15.7 Å². The summed E-state index contributed by atoms with van der Waals surface area (Å²) >= 11 is 0. The number of carbonyl (C=O) groups is 1. The van der Waals surface area contributed by atoms with E-state index in [0.717, 1.165) is 18.5 Å². The van der Waals surface area contributed by atoms with Gasteiger partial charge in [-0.1, -0.05) is 37.3 Å². The predicted octanol–water partition coefficient (Wildman–Crippen LogP) is 2.78. The quantitative estimate of drug-likeness (QED) is 0.895. The molecule has 0 aliphatic rings. The van der Waals surface area contributed by atoms with E-state index in [2.05, 4.69) is 17.3 Å². The van der Waals surface area contributed by atoms with Gasteiger partial charge in [-0.15, -0.1) is 0 Å². The first-order valence-electron chi connectivity index (χ1n) is 6.63. The normalized spacial score (nSPS) is 12.1. The Bertz CT molecular complexity index is 533. The van der Waals surface area contributed by atoms with Crippen molar-refractivity contribution in [2.45, 2.75) is 32.9 Å². The molecule has 4 nitrogen and oxygen atoms in total. The number of hydrogen-bond donors (Lipinski definition) is 1. The second kappa shape index (κ2) is 6.18. The number of aromatic nitrogens is 2. The number of aryl methyl sites for hydroxylation is 1. The molecule has 0 bridgehead atoms. The lowest BCUT2D eigenvalue weighted by atomic mass is 10.0. The molecule has 1 amide bonds. The Hall–Kier alpha value is -2.10. The Kier molecular flexibility index (Phi) is 4.34. The molecule has 2 aromatic rings. The highest BCUT2D eigenvalue weighted by atomic mass is 16.2. The SMILES string of the molecule is CC[C@@H](NC(=O)c1ccn(CC)n1)c1ccccc1. The third-order valence-electron chi connectivity index (χ3n) is 3.11. The summed E-state index contributed by atoms with van der Waals surface area (Å²) < 4.78 is 1.75. The molecule has 0 saturated carbocycles. The minimum Gasteiger partial charge on any atom is -0.344 e. The highest BCUT2D eigenvalue weighted by Gasteiger charge is 2.15. The van der Waals surface area contributed by atoms with Crippen LogP contribution in [0.5, 0.6) is 0 Å².